The largest absolute Gasteiger partial charge is 0.444 e. The zero-order valence-electron chi connectivity index (χ0n) is 12.4. The van der Waals surface area contributed by atoms with Gasteiger partial charge in [0.25, 0.3) is 0 Å². The van der Waals surface area contributed by atoms with E-state index in [4.69, 9.17) is 4.74 Å². The van der Waals surface area contributed by atoms with Crippen LogP contribution in [0.5, 0.6) is 0 Å². The van der Waals surface area contributed by atoms with Crippen molar-refractivity contribution >= 4 is 11.9 Å². The predicted octanol–water partition coefficient (Wildman–Crippen LogP) is 3.31. The van der Waals surface area contributed by atoms with Crippen LogP contribution < -0.4 is 0 Å². The van der Waals surface area contributed by atoms with E-state index in [-0.39, 0.29) is 24.0 Å². The van der Waals surface area contributed by atoms with Crippen LogP contribution in [0.2, 0.25) is 0 Å². The van der Waals surface area contributed by atoms with Gasteiger partial charge in [-0.05, 0) is 33.6 Å². The van der Waals surface area contributed by atoms with Crippen molar-refractivity contribution in [1.29, 1.82) is 0 Å². The maximum absolute atomic E-state index is 12.3. The normalized spacial score (nSPS) is 24.2. The molecule has 1 heterocycles. The Labute approximate surface area is 115 Å². The summed E-state index contributed by atoms with van der Waals surface area (Å²) >= 11 is 0. The Morgan fingerprint density at radius 2 is 2.00 bits per heavy atom. The molecule has 0 spiro atoms. The van der Waals surface area contributed by atoms with Crippen LogP contribution >= 0.6 is 0 Å². The SMILES string of the molecule is C=CC[C@H]1CC(=O)CC(CC)N1C(=O)OC(C)(C)C. The Bertz CT molecular complexity index is 357. The Balaban J connectivity index is 2.91. The summed E-state index contributed by atoms with van der Waals surface area (Å²) in [6, 6.07) is -0.167. The van der Waals surface area contributed by atoms with Crippen molar-refractivity contribution in [2.75, 3.05) is 0 Å². The van der Waals surface area contributed by atoms with Crippen molar-refractivity contribution in [1.82, 2.24) is 4.90 Å². The van der Waals surface area contributed by atoms with E-state index in [2.05, 4.69) is 6.58 Å². The molecule has 1 saturated heterocycles. The maximum Gasteiger partial charge on any atom is 0.410 e. The van der Waals surface area contributed by atoms with Crippen LogP contribution in [0.15, 0.2) is 12.7 Å². The summed E-state index contributed by atoms with van der Waals surface area (Å²) < 4.78 is 5.46. The molecule has 19 heavy (non-hydrogen) atoms. The number of hydrogen-bond acceptors (Lipinski definition) is 3. The Kier molecular flexibility index (Phi) is 5.15. The van der Waals surface area contributed by atoms with E-state index in [0.717, 1.165) is 6.42 Å². The number of nitrogens with zero attached hydrogens (tertiary/aromatic N) is 1. The van der Waals surface area contributed by atoms with Crippen LogP contribution in [-0.4, -0.2) is 34.5 Å². The monoisotopic (exact) mass is 267 g/mol. The average Bonchev–Trinajstić information content (AvgIpc) is 2.25. The minimum absolute atomic E-state index is 0.0546. The zero-order valence-corrected chi connectivity index (χ0v) is 12.4. The number of carbonyl (C=O) groups is 2. The van der Waals surface area contributed by atoms with Gasteiger partial charge in [0.15, 0.2) is 0 Å². The molecule has 1 aliphatic heterocycles. The van der Waals surface area contributed by atoms with E-state index in [1.165, 1.54) is 0 Å². The standard InChI is InChI=1S/C15H25NO3/c1-6-8-12-10-13(17)9-11(7-2)16(12)14(18)19-15(3,4)5/h6,11-12H,1,7-10H2,2-5H3/t11?,12-/m0/s1. The van der Waals surface area contributed by atoms with E-state index >= 15 is 0 Å². The van der Waals surface area contributed by atoms with Crippen LogP contribution in [0.1, 0.15) is 53.4 Å². The van der Waals surface area contributed by atoms with Crippen molar-refractivity contribution in [3.05, 3.63) is 12.7 Å². The second kappa shape index (κ2) is 6.22. The lowest BCUT2D eigenvalue weighted by Gasteiger charge is -2.41. The highest BCUT2D eigenvalue weighted by Gasteiger charge is 2.38. The van der Waals surface area contributed by atoms with Crippen LogP contribution in [0.25, 0.3) is 0 Å². The molecule has 2 atom stereocenters. The third-order valence-corrected chi connectivity index (χ3v) is 3.23. The number of likely N-dealkylation sites (tertiary alicyclic amines) is 1. The molecule has 1 amide bonds. The molecule has 1 rings (SSSR count). The quantitative estimate of drug-likeness (QED) is 0.737. The summed E-state index contributed by atoms with van der Waals surface area (Å²) in [6.45, 7) is 11.3. The maximum atomic E-state index is 12.3. The minimum Gasteiger partial charge on any atom is -0.444 e. The number of ketones is 1. The number of hydrogen-bond donors (Lipinski definition) is 0. The first-order chi connectivity index (χ1) is 8.78. The van der Waals surface area contributed by atoms with Gasteiger partial charge in [-0.1, -0.05) is 13.0 Å². The van der Waals surface area contributed by atoms with Crippen LogP contribution in [0.3, 0.4) is 0 Å². The number of ether oxygens (including phenoxy) is 1. The first-order valence-electron chi connectivity index (χ1n) is 6.92. The summed E-state index contributed by atoms with van der Waals surface area (Å²) in [5.41, 5.74) is -0.518. The highest BCUT2D eigenvalue weighted by atomic mass is 16.6. The van der Waals surface area contributed by atoms with Crippen LogP contribution in [0, 0.1) is 0 Å². The number of piperidine rings is 1. The summed E-state index contributed by atoms with van der Waals surface area (Å²) in [7, 11) is 0. The number of carbonyl (C=O) groups excluding carboxylic acids is 2. The molecule has 1 fully saturated rings. The lowest BCUT2D eigenvalue weighted by molar-refractivity contribution is -0.125. The van der Waals surface area contributed by atoms with Gasteiger partial charge in [-0.3, -0.25) is 4.79 Å². The molecule has 4 heteroatoms. The number of amides is 1. The lowest BCUT2D eigenvalue weighted by Crippen LogP contribution is -2.53. The number of rotatable bonds is 3. The average molecular weight is 267 g/mol. The van der Waals surface area contributed by atoms with E-state index in [0.29, 0.717) is 19.3 Å². The van der Waals surface area contributed by atoms with Gasteiger partial charge in [0.2, 0.25) is 0 Å². The van der Waals surface area contributed by atoms with E-state index in [1.54, 1.807) is 11.0 Å². The molecular formula is C15H25NO3. The molecule has 4 nitrogen and oxygen atoms in total. The molecule has 1 aliphatic rings. The van der Waals surface area contributed by atoms with E-state index in [1.807, 2.05) is 27.7 Å². The summed E-state index contributed by atoms with van der Waals surface area (Å²) in [6.07, 6.45) is 3.66. The van der Waals surface area contributed by atoms with Crippen molar-refractivity contribution in [3.63, 3.8) is 0 Å². The van der Waals surface area contributed by atoms with Crippen molar-refractivity contribution in [2.24, 2.45) is 0 Å². The van der Waals surface area contributed by atoms with Gasteiger partial charge >= 0.3 is 6.09 Å². The smallest absolute Gasteiger partial charge is 0.410 e. The second-order valence-corrected chi connectivity index (χ2v) is 6.07. The first kappa shape index (κ1) is 15.7. The molecule has 0 aromatic heterocycles. The summed E-state index contributed by atoms with van der Waals surface area (Å²) in [5.74, 6) is 0.221. The van der Waals surface area contributed by atoms with Gasteiger partial charge in [-0.15, -0.1) is 6.58 Å². The van der Waals surface area contributed by atoms with Crippen molar-refractivity contribution < 1.29 is 14.3 Å². The van der Waals surface area contributed by atoms with Gasteiger partial charge < -0.3 is 9.64 Å². The molecule has 0 aliphatic carbocycles. The van der Waals surface area contributed by atoms with Gasteiger partial charge in [0, 0.05) is 24.9 Å². The molecule has 0 aromatic rings. The first-order valence-corrected chi connectivity index (χ1v) is 6.92. The van der Waals surface area contributed by atoms with E-state index < -0.39 is 5.60 Å². The molecule has 0 radical (unpaired) electrons. The van der Waals surface area contributed by atoms with Crippen LogP contribution in [0.4, 0.5) is 4.79 Å². The lowest BCUT2D eigenvalue weighted by atomic mass is 9.91. The van der Waals surface area contributed by atoms with Gasteiger partial charge in [-0.2, -0.15) is 0 Å². The number of Topliss-reactive ketones (excluding diaryl/α,β-unsaturated/α-hetero) is 1. The summed E-state index contributed by atoms with van der Waals surface area (Å²) in [4.78, 5) is 25.8. The Morgan fingerprint density at radius 3 is 2.47 bits per heavy atom. The molecular weight excluding hydrogens is 242 g/mol. The topological polar surface area (TPSA) is 46.6 Å². The fourth-order valence-corrected chi connectivity index (χ4v) is 2.45. The highest BCUT2D eigenvalue weighted by Crippen LogP contribution is 2.27. The fourth-order valence-electron chi connectivity index (χ4n) is 2.45. The molecule has 108 valence electrons. The van der Waals surface area contributed by atoms with E-state index in [9.17, 15) is 9.59 Å². The third kappa shape index (κ3) is 4.37. The van der Waals surface area contributed by atoms with Crippen molar-refractivity contribution in [2.45, 2.75) is 71.1 Å². The Hall–Kier alpha value is -1.32. The predicted molar refractivity (Wildman–Crippen MR) is 75.0 cm³/mol. The molecule has 1 unspecified atom stereocenters. The highest BCUT2D eigenvalue weighted by molar-refractivity contribution is 5.83. The molecule has 0 saturated carbocycles. The Morgan fingerprint density at radius 1 is 1.42 bits per heavy atom. The van der Waals surface area contributed by atoms with Crippen molar-refractivity contribution in [3.8, 4) is 0 Å². The van der Waals surface area contributed by atoms with Gasteiger partial charge in [-0.25, -0.2) is 4.79 Å². The van der Waals surface area contributed by atoms with Gasteiger partial charge in [0.05, 0.1) is 0 Å². The molecule has 0 aromatic carbocycles. The summed E-state index contributed by atoms with van der Waals surface area (Å²) in [5, 5.41) is 0. The minimum atomic E-state index is -0.518. The molecule has 0 bridgehead atoms. The zero-order chi connectivity index (χ0) is 14.6. The second-order valence-electron chi connectivity index (χ2n) is 6.07. The van der Waals surface area contributed by atoms with Crippen LogP contribution in [-0.2, 0) is 9.53 Å². The third-order valence-electron chi connectivity index (χ3n) is 3.23. The fraction of sp³-hybridized carbons (Fsp3) is 0.733. The molecule has 0 N–H and O–H groups in total. The van der Waals surface area contributed by atoms with Gasteiger partial charge in [0.1, 0.15) is 11.4 Å².